The zero-order valence-corrected chi connectivity index (χ0v) is 9.98. The van der Waals surface area contributed by atoms with Crippen LogP contribution in [0.4, 0.5) is 0 Å². The number of halogens is 2. The number of nitrogens with two attached hydrogens (primary N) is 1. The first-order valence-electron chi connectivity index (χ1n) is 4.65. The maximum absolute atomic E-state index is 5.68. The summed E-state index contributed by atoms with van der Waals surface area (Å²) >= 11 is 0. The molecule has 1 fully saturated rings. The van der Waals surface area contributed by atoms with Gasteiger partial charge in [0.25, 0.3) is 0 Å². The summed E-state index contributed by atoms with van der Waals surface area (Å²) in [6.07, 6.45) is 0. The summed E-state index contributed by atoms with van der Waals surface area (Å²) in [6, 6.07) is 10.8. The highest BCUT2D eigenvalue weighted by molar-refractivity contribution is 5.85. The molecular formula is C10H17Cl2N3. The minimum Gasteiger partial charge on any atom is -0.330 e. The van der Waals surface area contributed by atoms with Gasteiger partial charge in [0.2, 0.25) is 0 Å². The Hall–Kier alpha value is -0.320. The molecule has 2 unspecified atom stereocenters. The van der Waals surface area contributed by atoms with Crippen molar-refractivity contribution in [2.24, 2.45) is 11.7 Å². The summed E-state index contributed by atoms with van der Waals surface area (Å²) in [7, 11) is 0. The average Bonchev–Trinajstić information content (AvgIpc) is 2.67. The van der Waals surface area contributed by atoms with Gasteiger partial charge in [-0.05, 0) is 12.1 Å². The van der Waals surface area contributed by atoms with E-state index in [4.69, 9.17) is 5.73 Å². The molecule has 5 heteroatoms. The van der Waals surface area contributed by atoms with Crippen molar-refractivity contribution in [2.45, 2.75) is 6.04 Å². The molecule has 4 N–H and O–H groups in total. The van der Waals surface area contributed by atoms with Crippen molar-refractivity contribution in [3.8, 4) is 0 Å². The number of nitrogens with one attached hydrogen (secondary N) is 2. The molecule has 0 aromatic heterocycles. The van der Waals surface area contributed by atoms with E-state index in [1.54, 1.807) is 0 Å². The van der Waals surface area contributed by atoms with Crippen molar-refractivity contribution in [1.29, 1.82) is 0 Å². The highest BCUT2D eigenvalue weighted by Gasteiger charge is 2.26. The fourth-order valence-electron chi connectivity index (χ4n) is 1.77. The number of hydrogen-bond donors (Lipinski definition) is 3. The van der Waals surface area contributed by atoms with Crippen LogP contribution in [-0.4, -0.2) is 13.1 Å². The van der Waals surface area contributed by atoms with E-state index in [0.717, 1.165) is 13.1 Å². The van der Waals surface area contributed by atoms with Crippen molar-refractivity contribution in [3.05, 3.63) is 35.9 Å². The molecule has 1 heterocycles. The lowest BCUT2D eigenvalue weighted by Crippen LogP contribution is -2.26. The van der Waals surface area contributed by atoms with E-state index in [1.807, 2.05) is 6.07 Å². The van der Waals surface area contributed by atoms with Gasteiger partial charge in [-0.2, -0.15) is 0 Å². The Kier molecular flexibility index (Phi) is 6.89. The van der Waals surface area contributed by atoms with Crippen LogP contribution in [0.3, 0.4) is 0 Å². The van der Waals surface area contributed by atoms with Crippen molar-refractivity contribution in [2.75, 3.05) is 13.1 Å². The monoisotopic (exact) mass is 249 g/mol. The van der Waals surface area contributed by atoms with E-state index >= 15 is 0 Å². The Morgan fingerprint density at radius 1 is 1.20 bits per heavy atom. The molecule has 2 rings (SSSR count). The fraction of sp³-hybridized carbons (Fsp3) is 0.400. The lowest BCUT2D eigenvalue weighted by Gasteiger charge is -2.16. The van der Waals surface area contributed by atoms with Gasteiger partial charge in [0.05, 0.1) is 6.04 Å². The SMILES string of the molecule is Cl.Cl.NCC1CNNC1c1ccccc1. The molecule has 1 aliphatic heterocycles. The smallest absolute Gasteiger partial charge is 0.0515 e. The second-order valence-corrected chi connectivity index (χ2v) is 3.41. The van der Waals surface area contributed by atoms with Crippen LogP contribution in [0.1, 0.15) is 11.6 Å². The summed E-state index contributed by atoms with van der Waals surface area (Å²) < 4.78 is 0. The highest BCUT2D eigenvalue weighted by Crippen LogP contribution is 2.23. The molecule has 1 aliphatic rings. The first kappa shape index (κ1) is 14.7. The third kappa shape index (κ3) is 3.33. The van der Waals surface area contributed by atoms with Crippen LogP contribution in [0.15, 0.2) is 30.3 Å². The number of rotatable bonds is 2. The second kappa shape index (κ2) is 7.04. The lowest BCUT2D eigenvalue weighted by molar-refractivity contribution is 0.483. The van der Waals surface area contributed by atoms with E-state index in [0.29, 0.717) is 12.0 Å². The first-order valence-corrected chi connectivity index (χ1v) is 4.65. The third-order valence-corrected chi connectivity index (χ3v) is 2.55. The van der Waals surface area contributed by atoms with Gasteiger partial charge < -0.3 is 5.73 Å². The zero-order valence-electron chi connectivity index (χ0n) is 8.35. The van der Waals surface area contributed by atoms with Gasteiger partial charge in [0.1, 0.15) is 0 Å². The van der Waals surface area contributed by atoms with Gasteiger partial charge in [-0.25, -0.2) is 5.43 Å². The van der Waals surface area contributed by atoms with E-state index < -0.39 is 0 Å². The maximum Gasteiger partial charge on any atom is 0.0515 e. The quantitative estimate of drug-likeness (QED) is 0.740. The first-order chi connectivity index (χ1) is 6.42. The van der Waals surface area contributed by atoms with Crippen LogP contribution < -0.4 is 16.6 Å². The Bertz CT molecular complexity index is 269. The molecule has 0 saturated carbocycles. The summed E-state index contributed by atoms with van der Waals surface area (Å²) in [5.74, 6) is 0.502. The lowest BCUT2D eigenvalue weighted by atomic mass is 9.95. The predicted molar refractivity (Wildman–Crippen MR) is 67.4 cm³/mol. The standard InChI is InChI=1S/C10H15N3.2ClH/c11-6-9-7-12-13-10(9)8-4-2-1-3-5-8;;/h1-5,9-10,12-13H,6-7,11H2;2*1H. The summed E-state index contributed by atoms with van der Waals surface area (Å²) in [5.41, 5.74) is 13.4. The maximum atomic E-state index is 5.68. The normalized spacial score (nSPS) is 24.1. The number of benzene rings is 1. The van der Waals surface area contributed by atoms with Crippen LogP contribution in [0.5, 0.6) is 0 Å². The minimum atomic E-state index is 0. The molecule has 0 spiro atoms. The molecule has 15 heavy (non-hydrogen) atoms. The van der Waals surface area contributed by atoms with Crippen molar-refractivity contribution < 1.29 is 0 Å². The molecule has 0 aliphatic carbocycles. The number of hydrazine groups is 1. The van der Waals surface area contributed by atoms with Crippen LogP contribution in [0.2, 0.25) is 0 Å². The average molecular weight is 250 g/mol. The Labute approximate surface area is 103 Å². The molecule has 1 saturated heterocycles. The summed E-state index contributed by atoms with van der Waals surface area (Å²) in [6.45, 7) is 1.68. The Balaban J connectivity index is 0.000000980. The fourth-order valence-corrected chi connectivity index (χ4v) is 1.77. The third-order valence-electron chi connectivity index (χ3n) is 2.55. The molecule has 0 bridgehead atoms. The molecule has 1 aromatic rings. The summed E-state index contributed by atoms with van der Waals surface area (Å²) in [4.78, 5) is 0. The van der Waals surface area contributed by atoms with Gasteiger partial charge in [0.15, 0.2) is 0 Å². The number of hydrogen-bond acceptors (Lipinski definition) is 3. The van der Waals surface area contributed by atoms with Gasteiger partial charge >= 0.3 is 0 Å². The van der Waals surface area contributed by atoms with Crippen LogP contribution in [-0.2, 0) is 0 Å². The van der Waals surface area contributed by atoms with Gasteiger partial charge in [-0.15, -0.1) is 24.8 Å². The highest BCUT2D eigenvalue weighted by atomic mass is 35.5. The zero-order chi connectivity index (χ0) is 9.10. The topological polar surface area (TPSA) is 50.1 Å². The van der Waals surface area contributed by atoms with Crippen molar-refractivity contribution in [1.82, 2.24) is 10.9 Å². The van der Waals surface area contributed by atoms with Gasteiger partial charge in [0, 0.05) is 12.5 Å². The molecule has 3 nitrogen and oxygen atoms in total. The molecule has 0 amide bonds. The predicted octanol–water partition coefficient (Wildman–Crippen LogP) is 1.25. The Morgan fingerprint density at radius 2 is 1.87 bits per heavy atom. The molecule has 2 atom stereocenters. The second-order valence-electron chi connectivity index (χ2n) is 3.41. The van der Waals surface area contributed by atoms with E-state index in [-0.39, 0.29) is 24.8 Å². The van der Waals surface area contributed by atoms with E-state index in [1.165, 1.54) is 5.56 Å². The van der Waals surface area contributed by atoms with E-state index in [9.17, 15) is 0 Å². The molecular weight excluding hydrogens is 233 g/mol. The van der Waals surface area contributed by atoms with E-state index in [2.05, 4.69) is 35.1 Å². The van der Waals surface area contributed by atoms with Gasteiger partial charge in [-0.1, -0.05) is 30.3 Å². The largest absolute Gasteiger partial charge is 0.330 e. The molecule has 0 radical (unpaired) electrons. The van der Waals surface area contributed by atoms with Gasteiger partial charge in [-0.3, -0.25) is 5.43 Å². The van der Waals surface area contributed by atoms with Crippen LogP contribution in [0.25, 0.3) is 0 Å². The van der Waals surface area contributed by atoms with Crippen molar-refractivity contribution in [3.63, 3.8) is 0 Å². The van der Waals surface area contributed by atoms with Crippen LogP contribution in [0, 0.1) is 5.92 Å². The van der Waals surface area contributed by atoms with Crippen molar-refractivity contribution >= 4 is 24.8 Å². The minimum absolute atomic E-state index is 0. The summed E-state index contributed by atoms with van der Waals surface area (Å²) in [5, 5.41) is 0. The molecule has 86 valence electrons. The van der Waals surface area contributed by atoms with Crippen LogP contribution >= 0.6 is 24.8 Å². The Morgan fingerprint density at radius 3 is 2.47 bits per heavy atom. The molecule has 1 aromatic carbocycles.